The number of hydrogen-bond acceptors (Lipinski definition) is 4. The van der Waals surface area contributed by atoms with E-state index in [1.807, 2.05) is 67.6 Å². The van der Waals surface area contributed by atoms with Crippen molar-refractivity contribution in [3.8, 4) is 11.3 Å². The number of aryl methyl sites for hydroxylation is 1. The topological polar surface area (TPSA) is 57.0 Å². The maximum Gasteiger partial charge on any atom is 0.185 e. The van der Waals surface area contributed by atoms with Crippen molar-refractivity contribution < 1.29 is 9.30 Å². The molecule has 7 heteroatoms. The Morgan fingerprint density at radius 1 is 0.842 bits per heavy atom. The number of hydrogen-bond donors (Lipinski definition) is 0. The molecule has 0 atom stereocenters. The molecule has 0 aliphatic heterocycles. The molecular formula is C31H34N3O2PSi. The Morgan fingerprint density at radius 2 is 1.42 bits per heavy atom. The maximum atomic E-state index is 15.5. The van der Waals surface area contributed by atoms with Gasteiger partial charge in [0, 0.05) is 28.2 Å². The summed E-state index contributed by atoms with van der Waals surface area (Å²) >= 11 is 0. The largest absolute Gasteiger partial charge is 0.374 e. The number of ether oxygens (including phenoxy) is 1. The molecule has 0 saturated carbocycles. The first-order valence-electron chi connectivity index (χ1n) is 13.0. The minimum absolute atomic E-state index is 0.326. The molecule has 0 bridgehead atoms. The molecule has 5 rings (SSSR count). The normalized spacial score (nSPS) is 12.2. The van der Waals surface area contributed by atoms with E-state index in [-0.39, 0.29) is 0 Å². The predicted octanol–water partition coefficient (Wildman–Crippen LogP) is 6.27. The quantitative estimate of drug-likeness (QED) is 0.172. The van der Waals surface area contributed by atoms with Gasteiger partial charge in [-0.3, -0.25) is 0 Å². The third-order valence-corrected chi connectivity index (χ3v) is 11.7. The third-order valence-electron chi connectivity index (χ3n) is 6.68. The highest BCUT2D eigenvalue weighted by Gasteiger charge is 2.38. The first-order valence-corrected chi connectivity index (χ1v) is 18.2. The molecule has 0 N–H and O–H groups in total. The van der Waals surface area contributed by atoms with Gasteiger partial charge in [-0.2, -0.15) is 0 Å². The molecule has 5 aromatic rings. The van der Waals surface area contributed by atoms with Gasteiger partial charge in [0.1, 0.15) is 12.3 Å². The number of fused-ring (bicyclic) bond motifs is 1. The van der Waals surface area contributed by atoms with Crippen LogP contribution in [0.4, 0.5) is 0 Å². The molecule has 3 aromatic carbocycles. The lowest BCUT2D eigenvalue weighted by molar-refractivity contribution is 0.128. The zero-order chi connectivity index (χ0) is 26.9. The van der Waals surface area contributed by atoms with Gasteiger partial charge in [0.15, 0.2) is 21.2 Å². The van der Waals surface area contributed by atoms with E-state index in [9.17, 15) is 0 Å². The number of benzene rings is 3. The lowest BCUT2D eigenvalue weighted by Crippen LogP contribution is -2.42. The Morgan fingerprint density at radius 3 is 1.95 bits per heavy atom. The zero-order valence-corrected chi connectivity index (χ0v) is 24.6. The molecule has 0 saturated heterocycles. The van der Waals surface area contributed by atoms with Crippen LogP contribution in [-0.2, 0) is 15.9 Å². The summed E-state index contributed by atoms with van der Waals surface area (Å²) in [6.07, 6.45) is 0. The van der Waals surface area contributed by atoms with Crippen molar-refractivity contribution in [2.24, 2.45) is 0 Å². The van der Waals surface area contributed by atoms with Crippen LogP contribution in [0.2, 0.25) is 19.6 Å². The smallest absolute Gasteiger partial charge is 0.185 e. The van der Waals surface area contributed by atoms with E-state index in [1.54, 1.807) is 0 Å². The molecule has 38 heavy (non-hydrogen) atoms. The second-order valence-corrected chi connectivity index (χ2v) is 18.0. The summed E-state index contributed by atoms with van der Waals surface area (Å²) in [5.41, 5.74) is 4.67. The van der Waals surface area contributed by atoms with E-state index in [0.29, 0.717) is 19.0 Å². The molecule has 194 valence electrons. The minimum Gasteiger partial charge on any atom is -0.374 e. The van der Waals surface area contributed by atoms with Crippen molar-refractivity contribution in [2.75, 3.05) is 6.61 Å². The van der Waals surface area contributed by atoms with E-state index in [2.05, 4.69) is 61.1 Å². The first kappa shape index (κ1) is 26.3. The van der Waals surface area contributed by atoms with Crippen LogP contribution < -0.4 is 16.0 Å². The molecule has 2 aromatic heterocycles. The Kier molecular flexibility index (Phi) is 7.23. The van der Waals surface area contributed by atoms with E-state index in [0.717, 1.165) is 38.3 Å². The average Bonchev–Trinajstić information content (AvgIpc) is 3.33. The molecule has 0 fully saturated rings. The highest BCUT2D eigenvalue weighted by atomic mass is 31.2. The molecule has 0 spiro atoms. The lowest BCUT2D eigenvalue weighted by Gasteiger charge is -2.28. The Bertz CT molecular complexity index is 1570. The van der Waals surface area contributed by atoms with E-state index in [4.69, 9.17) is 14.7 Å². The molecular weight excluding hydrogens is 505 g/mol. The van der Waals surface area contributed by atoms with Crippen molar-refractivity contribution in [3.05, 3.63) is 102 Å². The van der Waals surface area contributed by atoms with Gasteiger partial charge in [0.25, 0.3) is 0 Å². The lowest BCUT2D eigenvalue weighted by atomic mass is 10.1. The summed E-state index contributed by atoms with van der Waals surface area (Å²) in [4.78, 5) is 10.0. The van der Waals surface area contributed by atoms with Crippen LogP contribution in [0.25, 0.3) is 22.3 Å². The molecule has 5 nitrogen and oxygen atoms in total. The fourth-order valence-electron chi connectivity index (χ4n) is 4.88. The molecule has 0 radical (unpaired) electrons. The summed E-state index contributed by atoms with van der Waals surface area (Å²) < 4.78 is 23.6. The van der Waals surface area contributed by atoms with Gasteiger partial charge < -0.3 is 13.5 Å². The van der Waals surface area contributed by atoms with E-state index >= 15 is 4.57 Å². The number of nitrogens with zero attached hydrogens (tertiary/aromatic N) is 3. The standard InChI is InChI=1S/C31H34N3O2PSi/c1-6-36-22-28-32-30(24-19-17-23(2)18-20-24)27-21-29(34(31(27)33-28)38(3,4)5)37(35,25-13-9-7-10-14-25)26-15-11-8-12-16-26/h7-21H,6,22H2,1-5H3. The SMILES string of the molecule is CCOCc1nc(-c2ccc(C)cc2)c2cc(P(=O)(c3ccccc3)c3ccccc3)n([Si](C)(C)C)c2n1. The maximum absolute atomic E-state index is 15.5. The van der Waals surface area contributed by atoms with Gasteiger partial charge >= 0.3 is 0 Å². The summed E-state index contributed by atoms with van der Waals surface area (Å²) in [5, 5.41) is 2.54. The van der Waals surface area contributed by atoms with Crippen molar-refractivity contribution in [2.45, 2.75) is 40.1 Å². The molecule has 0 aliphatic carbocycles. The van der Waals surface area contributed by atoms with E-state index in [1.165, 1.54) is 5.56 Å². The van der Waals surface area contributed by atoms with E-state index < -0.39 is 15.4 Å². The summed E-state index contributed by atoms with van der Waals surface area (Å²) in [6, 6.07) is 30.2. The van der Waals surface area contributed by atoms with Crippen LogP contribution in [0.15, 0.2) is 91.0 Å². The van der Waals surface area contributed by atoms with Gasteiger partial charge in [-0.15, -0.1) is 0 Å². The summed E-state index contributed by atoms with van der Waals surface area (Å²) in [6.45, 7) is 11.8. The van der Waals surface area contributed by atoms with Gasteiger partial charge in [-0.1, -0.05) is 110 Å². The van der Waals surface area contributed by atoms with Crippen LogP contribution in [0, 0.1) is 6.92 Å². The Balaban J connectivity index is 1.91. The fraction of sp³-hybridized carbons (Fsp3) is 0.226. The van der Waals surface area contributed by atoms with Crippen LogP contribution in [-0.4, -0.2) is 29.0 Å². The minimum atomic E-state index is -3.24. The fourth-order valence-corrected chi connectivity index (χ4v) is 10.5. The molecule has 0 aliphatic rings. The average molecular weight is 540 g/mol. The van der Waals surface area contributed by atoms with Gasteiger partial charge in [-0.25, -0.2) is 9.97 Å². The van der Waals surface area contributed by atoms with Crippen molar-refractivity contribution >= 4 is 42.5 Å². The summed E-state index contributed by atoms with van der Waals surface area (Å²) in [5.74, 6) is 0.633. The van der Waals surface area contributed by atoms with Crippen molar-refractivity contribution in [3.63, 3.8) is 0 Å². The number of aromatic nitrogens is 3. The van der Waals surface area contributed by atoms with Crippen LogP contribution >= 0.6 is 7.14 Å². The highest BCUT2D eigenvalue weighted by Crippen LogP contribution is 2.45. The molecule has 0 unspecified atom stereocenters. The van der Waals surface area contributed by atoms with Crippen molar-refractivity contribution in [1.29, 1.82) is 0 Å². The Labute approximate surface area is 226 Å². The monoisotopic (exact) mass is 539 g/mol. The van der Waals surface area contributed by atoms with Crippen LogP contribution in [0.5, 0.6) is 0 Å². The predicted molar refractivity (Wildman–Crippen MR) is 161 cm³/mol. The van der Waals surface area contributed by atoms with Gasteiger partial charge in [0.2, 0.25) is 0 Å². The van der Waals surface area contributed by atoms with Gasteiger partial charge in [-0.05, 0) is 19.9 Å². The van der Waals surface area contributed by atoms with Crippen molar-refractivity contribution in [1.82, 2.24) is 14.2 Å². The first-order chi connectivity index (χ1) is 18.2. The number of rotatable bonds is 8. The highest BCUT2D eigenvalue weighted by molar-refractivity contribution is 7.85. The molecule has 2 heterocycles. The Hall–Kier alpha value is -3.31. The summed E-state index contributed by atoms with van der Waals surface area (Å²) in [7, 11) is -5.38. The third kappa shape index (κ3) is 4.80. The second-order valence-electron chi connectivity index (χ2n) is 10.5. The van der Waals surface area contributed by atoms with Crippen LogP contribution in [0.1, 0.15) is 18.3 Å². The molecule has 0 amide bonds. The second kappa shape index (κ2) is 10.5. The van der Waals surface area contributed by atoms with Crippen LogP contribution in [0.3, 0.4) is 0 Å². The zero-order valence-electron chi connectivity index (χ0n) is 22.7. The van der Waals surface area contributed by atoms with Gasteiger partial charge in [0.05, 0.1) is 11.1 Å².